The monoisotopic (exact) mass is 756 g/mol. The molecule has 3 aliphatic rings. The molecule has 2 saturated heterocycles. The maximum absolute atomic E-state index is 14.3. The molecule has 9 rings (SSSR count). The van der Waals surface area contributed by atoms with E-state index in [9.17, 15) is 29.1 Å². The molecule has 0 bridgehead atoms. The minimum Gasteiger partial charge on any atom is -0.481 e. The van der Waals surface area contributed by atoms with E-state index in [1.165, 1.54) is 0 Å². The smallest absolute Gasteiger partial charge is 0.307 e. The molecular weight excluding hydrogens is 719 g/mol. The SMILES string of the molecule is Cc1c(-c2nc3cc(CN4CCC(O)C4)cc(C#N)c3o2)cccc1-c1cccc2c1CCN2c1nc(C(F)F)nc2cc(CN3CCC(C(=O)O)C3)cnc12. The summed E-state index contributed by atoms with van der Waals surface area (Å²) in [6.45, 7) is 6.00. The number of anilines is 2. The molecule has 12 nitrogen and oxygen atoms in total. The molecule has 2 fully saturated rings. The summed E-state index contributed by atoms with van der Waals surface area (Å²) in [6.07, 6.45) is 0.390. The van der Waals surface area contributed by atoms with Gasteiger partial charge < -0.3 is 19.5 Å². The predicted octanol–water partition coefficient (Wildman–Crippen LogP) is 6.79. The molecule has 0 aliphatic carbocycles. The average Bonchev–Trinajstić information content (AvgIpc) is 4.01. The van der Waals surface area contributed by atoms with Crippen LogP contribution in [0.2, 0.25) is 0 Å². The van der Waals surface area contributed by atoms with Gasteiger partial charge in [-0.15, -0.1) is 0 Å². The molecule has 0 saturated carbocycles. The Morgan fingerprint density at radius 1 is 0.946 bits per heavy atom. The molecule has 0 spiro atoms. The molecule has 2 unspecified atom stereocenters. The van der Waals surface area contributed by atoms with Gasteiger partial charge >= 0.3 is 5.97 Å². The Bertz CT molecular complexity index is 2570. The molecule has 3 aromatic carbocycles. The van der Waals surface area contributed by atoms with Gasteiger partial charge in [-0.2, -0.15) is 5.26 Å². The van der Waals surface area contributed by atoms with Crippen LogP contribution in [-0.4, -0.2) is 84.7 Å². The quantitative estimate of drug-likeness (QED) is 0.160. The van der Waals surface area contributed by atoms with E-state index in [4.69, 9.17) is 14.4 Å². The highest BCUT2D eigenvalue weighted by atomic mass is 19.3. The van der Waals surface area contributed by atoms with Gasteiger partial charge in [-0.3, -0.25) is 19.6 Å². The van der Waals surface area contributed by atoms with Crippen molar-refractivity contribution in [1.82, 2.24) is 29.7 Å². The van der Waals surface area contributed by atoms with Gasteiger partial charge in [0.05, 0.1) is 23.1 Å². The summed E-state index contributed by atoms with van der Waals surface area (Å²) in [7, 11) is 0. The number of likely N-dealkylation sites (tertiary alicyclic amines) is 2. The highest BCUT2D eigenvalue weighted by molar-refractivity contribution is 5.92. The minimum atomic E-state index is -2.89. The largest absolute Gasteiger partial charge is 0.481 e. The zero-order valence-electron chi connectivity index (χ0n) is 30.6. The number of alkyl halides is 2. The van der Waals surface area contributed by atoms with E-state index in [2.05, 4.69) is 27.0 Å². The molecule has 0 radical (unpaired) electrons. The number of hydrogen-bond donors (Lipinski definition) is 2. The van der Waals surface area contributed by atoms with Crippen molar-refractivity contribution in [2.75, 3.05) is 37.6 Å². The Morgan fingerprint density at radius 2 is 1.70 bits per heavy atom. The Balaban J connectivity index is 1.04. The first kappa shape index (κ1) is 35.8. The summed E-state index contributed by atoms with van der Waals surface area (Å²) in [5, 5.41) is 29.4. The number of carboxylic acid groups (broad SMARTS) is 1. The topological polar surface area (TPSA) is 156 Å². The fourth-order valence-corrected chi connectivity index (χ4v) is 8.53. The lowest BCUT2D eigenvalue weighted by molar-refractivity contribution is -0.141. The van der Waals surface area contributed by atoms with E-state index < -0.39 is 24.1 Å². The number of β-amino-alcohol motifs (C(OH)–C–C–N with tert-alkyl or cyclic N) is 1. The van der Waals surface area contributed by atoms with E-state index in [1.807, 2.05) is 59.2 Å². The highest BCUT2D eigenvalue weighted by Gasteiger charge is 2.31. The highest BCUT2D eigenvalue weighted by Crippen LogP contribution is 2.43. The number of nitriles is 1. The normalized spacial score (nSPS) is 18.8. The lowest BCUT2D eigenvalue weighted by atomic mass is 9.92. The number of nitrogens with zero attached hydrogens (tertiary/aromatic N) is 8. The Kier molecular flexibility index (Phi) is 9.15. The van der Waals surface area contributed by atoms with Crippen molar-refractivity contribution in [1.29, 1.82) is 5.26 Å². The molecule has 2 N–H and O–H groups in total. The third-order valence-electron chi connectivity index (χ3n) is 11.3. The number of halogens is 2. The van der Waals surface area contributed by atoms with Crippen LogP contribution in [0.5, 0.6) is 0 Å². The summed E-state index contributed by atoms with van der Waals surface area (Å²) in [5.41, 5.74) is 9.40. The number of aliphatic carboxylic acids is 1. The van der Waals surface area contributed by atoms with Gasteiger partial charge in [0.25, 0.3) is 6.43 Å². The number of hydrogen-bond acceptors (Lipinski definition) is 11. The Morgan fingerprint density at radius 3 is 2.46 bits per heavy atom. The number of rotatable bonds is 9. The lowest BCUT2D eigenvalue weighted by Crippen LogP contribution is -2.23. The maximum atomic E-state index is 14.3. The van der Waals surface area contributed by atoms with Crippen LogP contribution in [0.3, 0.4) is 0 Å². The van der Waals surface area contributed by atoms with Gasteiger partial charge in [0, 0.05) is 56.7 Å². The van der Waals surface area contributed by atoms with Crippen LogP contribution in [0, 0.1) is 24.2 Å². The van der Waals surface area contributed by atoms with Crippen LogP contribution in [0.15, 0.2) is 65.2 Å². The van der Waals surface area contributed by atoms with Crippen LogP contribution in [0.1, 0.15) is 52.9 Å². The number of fused-ring (bicyclic) bond motifs is 3. The van der Waals surface area contributed by atoms with Crippen LogP contribution < -0.4 is 4.90 Å². The third-order valence-corrected chi connectivity index (χ3v) is 11.3. The maximum Gasteiger partial charge on any atom is 0.307 e. The molecule has 6 aromatic rings. The first-order valence-corrected chi connectivity index (χ1v) is 18.8. The molecule has 284 valence electrons. The summed E-state index contributed by atoms with van der Waals surface area (Å²) in [4.78, 5) is 35.7. The van der Waals surface area contributed by atoms with Crippen molar-refractivity contribution in [2.45, 2.75) is 51.8 Å². The average molecular weight is 757 g/mol. The number of oxazole rings is 1. The molecule has 0 amide bonds. The van der Waals surface area contributed by atoms with Crippen LogP contribution in [0.25, 0.3) is 44.7 Å². The molecule has 3 aliphatic heterocycles. The Hall–Kier alpha value is -5.88. The molecule has 14 heteroatoms. The van der Waals surface area contributed by atoms with Gasteiger partial charge in [-0.05, 0) is 96.4 Å². The van der Waals surface area contributed by atoms with E-state index in [0.717, 1.165) is 57.6 Å². The van der Waals surface area contributed by atoms with Crippen molar-refractivity contribution in [3.8, 4) is 28.7 Å². The summed E-state index contributed by atoms with van der Waals surface area (Å²) in [5.74, 6) is -1.10. The van der Waals surface area contributed by atoms with Crippen molar-refractivity contribution in [3.63, 3.8) is 0 Å². The van der Waals surface area contributed by atoms with Gasteiger partial charge in [0.1, 0.15) is 17.1 Å². The zero-order chi connectivity index (χ0) is 38.7. The van der Waals surface area contributed by atoms with E-state index >= 15 is 0 Å². The standard InChI is InChI=1S/C42H38F2N8O4/c1-23-29(4-2-5-30(23)41-48-34-15-24(14-27(17-45)37(34)56-41)19-51-12-9-28(53)22-51)31-6-3-7-35-32(31)10-13-52(35)40-36-33(47-39(49-40)38(43)44)16-25(18-46-36)20-50-11-8-26(21-50)42(54)55/h2-7,14-16,18,26,28,38,53H,8-13,19-22H2,1H3,(H,54,55). The number of benzene rings is 3. The van der Waals surface area contributed by atoms with Crippen LogP contribution in [0.4, 0.5) is 20.3 Å². The number of carbonyl (C=O) groups is 1. The second-order valence-corrected chi connectivity index (χ2v) is 15.0. The number of aliphatic hydroxyl groups is 1. The van der Waals surface area contributed by atoms with Gasteiger partial charge in [-0.25, -0.2) is 23.7 Å². The predicted molar refractivity (Wildman–Crippen MR) is 204 cm³/mol. The van der Waals surface area contributed by atoms with E-state index in [0.29, 0.717) is 91.5 Å². The lowest BCUT2D eigenvalue weighted by Gasteiger charge is -2.21. The summed E-state index contributed by atoms with van der Waals surface area (Å²) in [6, 6.07) is 19.7. The van der Waals surface area contributed by atoms with Gasteiger partial charge in [0.15, 0.2) is 17.2 Å². The number of pyridine rings is 1. The van der Waals surface area contributed by atoms with Crippen LogP contribution >= 0.6 is 0 Å². The second-order valence-electron chi connectivity index (χ2n) is 15.0. The third kappa shape index (κ3) is 6.51. The van der Waals surface area contributed by atoms with Crippen molar-refractivity contribution >= 4 is 39.6 Å². The number of aromatic nitrogens is 4. The molecule has 3 aromatic heterocycles. The second kappa shape index (κ2) is 14.3. The summed E-state index contributed by atoms with van der Waals surface area (Å²) >= 11 is 0. The fourth-order valence-electron chi connectivity index (χ4n) is 8.53. The van der Waals surface area contributed by atoms with E-state index in [-0.39, 0.29) is 6.10 Å². The molecular formula is C42H38F2N8O4. The number of carboxylic acids is 1. The fraction of sp³-hybridized carbons (Fsp3) is 0.333. The summed E-state index contributed by atoms with van der Waals surface area (Å²) < 4.78 is 34.8. The van der Waals surface area contributed by atoms with Crippen molar-refractivity contribution in [3.05, 3.63) is 94.4 Å². The first-order valence-electron chi connectivity index (χ1n) is 18.8. The zero-order valence-corrected chi connectivity index (χ0v) is 30.6. The Labute approximate surface area is 320 Å². The van der Waals surface area contributed by atoms with Crippen LogP contribution in [-0.2, 0) is 24.3 Å². The number of aliphatic hydroxyl groups excluding tert-OH is 1. The molecule has 56 heavy (non-hydrogen) atoms. The van der Waals surface area contributed by atoms with Gasteiger partial charge in [0.2, 0.25) is 5.89 Å². The van der Waals surface area contributed by atoms with Crippen molar-refractivity contribution < 1.29 is 28.2 Å². The first-order chi connectivity index (χ1) is 27.1. The molecule has 2 atom stereocenters. The molecule has 6 heterocycles. The van der Waals surface area contributed by atoms with Crippen molar-refractivity contribution in [2.24, 2.45) is 5.92 Å². The van der Waals surface area contributed by atoms with Gasteiger partial charge in [-0.1, -0.05) is 24.3 Å². The van der Waals surface area contributed by atoms with E-state index in [1.54, 1.807) is 12.3 Å². The minimum absolute atomic E-state index is 0.310.